The van der Waals surface area contributed by atoms with E-state index in [1.54, 1.807) is 0 Å². The second kappa shape index (κ2) is 3.80. The zero-order valence-corrected chi connectivity index (χ0v) is 9.02. The first-order valence-electron chi connectivity index (χ1n) is 3.75. The maximum atomic E-state index is 12.4. The van der Waals surface area contributed by atoms with Crippen LogP contribution in [0.5, 0.6) is 0 Å². The highest BCUT2D eigenvalue weighted by Crippen LogP contribution is 2.39. The van der Waals surface area contributed by atoms with Gasteiger partial charge in [0, 0.05) is 16.6 Å². The molecule has 0 radical (unpaired) electrons. The highest BCUT2D eigenvalue weighted by molar-refractivity contribution is 9.10. The van der Waals surface area contributed by atoms with Crippen LogP contribution in [0.3, 0.4) is 0 Å². The molecule has 0 atom stereocenters. The molecule has 0 unspecified atom stereocenters. The van der Waals surface area contributed by atoms with Crippen molar-refractivity contribution in [2.45, 2.75) is 13.1 Å². The molecule has 0 fully saturated rings. The number of hydrogen-bond donors (Lipinski definition) is 0. The van der Waals surface area contributed by atoms with Crippen LogP contribution in [0.1, 0.15) is 11.1 Å². The molecule has 0 heterocycles. The Balaban J connectivity index is 3.41. The standard InChI is InChI=1S/C8H5BrF3NO2/c1-4-2-5(13(14)15)3-6(9)7(4)8(10,11)12/h2-3H,1H3. The Kier molecular flexibility index (Phi) is 3.03. The van der Waals surface area contributed by atoms with E-state index < -0.39 is 16.7 Å². The summed E-state index contributed by atoms with van der Waals surface area (Å²) in [5.41, 5.74) is -1.43. The summed E-state index contributed by atoms with van der Waals surface area (Å²) in [5.74, 6) is 0. The van der Waals surface area contributed by atoms with Gasteiger partial charge in [-0.25, -0.2) is 0 Å². The van der Waals surface area contributed by atoms with Crippen LogP contribution in [0.25, 0.3) is 0 Å². The third-order valence-electron chi connectivity index (χ3n) is 1.77. The van der Waals surface area contributed by atoms with E-state index >= 15 is 0 Å². The van der Waals surface area contributed by atoms with Crippen molar-refractivity contribution >= 4 is 21.6 Å². The van der Waals surface area contributed by atoms with Gasteiger partial charge in [0.25, 0.3) is 5.69 Å². The Labute approximate surface area is 91.2 Å². The third-order valence-corrected chi connectivity index (χ3v) is 2.39. The molecule has 1 aromatic rings. The van der Waals surface area contributed by atoms with Gasteiger partial charge in [0.05, 0.1) is 10.5 Å². The van der Waals surface area contributed by atoms with Crippen LogP contribution < -0.4 is 0 Å². The van der Waals surface area contributed by atoms with Gasteiger partial charge in [-0.05, 0) is 28.4 Å². The molecule has 0 saturated heterocycles. The van der Waals surface area contributed by atoms with Crippen LogP contribution in [0, 0.1) is 17.0 Å². The van der Waals surface area contributed by atoms with Gasteiger partial charge in [0.2, 0.25) is 0 Å². The lowest BCUT2D eigenvalue weighted by Gasteiger charge is -2.11. The molecule has 1 aromatic carbocycles. The molecule has 0 N–H and O–H groups in total. The molecule has 82 valence electrons. The second-order valence-corrected chi connectivity index (χ2v) is 3.73. The van der Waals surface area contributed by atoms with Crippen molar-refractivity contribution in [2.75, 3.05) is 0 Å². The van der Waals surface area contributed by atoms with Crippen LogP contribution in [-0.4, -0.2) is 4.92 Å². The Morgan fingerprint density at radius 3 is 2.27 bits per heavy atom. The van der Waals surface area contributed by atoms with Crippen molar-refractivity contribution in [1.29, 1.82) is 0 Å². The lowest BCUT2D eigenvalue weighted by atomic mass is 10.1. The molecule has 0 aliphatic heterocycles. The number of rotatable bonds is 1. The maximum Gasteiger partial charge on any atom is 0.417 e. The average molecular weight is 284 g/mol. The van der Waals surface area contributed by atoms with E-state index in [4.69, 9.17) is 0 Å². The lowest BCUT2D eigenvalue weighted by molar-refractivity contribution is -0.385. The number of nitrogens with zero attached hydrogens (tertiary/aromatic N) is 1. The number of non-ortho nitro benzene ring substituents is 1. The van der Waals surface area contributed by atoms with Gasteiger partial charge in [-0.2, -0.15) is 13.2 Å². The summed E-state index contributed by atoms with van der Waals surface area (Å²) in [6.07, 6.45) is -4.52. The fourth-order valence-electron chi connectivity index (χ4n) is 1.19. The van der Waals surface area contributed by atoms with Crippen molar-refractivity contribution in [1.82, 2.24) is 0 Å². The second-order valence-electron chi connectivity index (χ2n) is 2.87. The number of aryl methyl sites for hydroxylation is 1. The minimum absolute atomic E-state index is 0.177. The smallest absolute Gasteiger partial charge is 0.258 e. The first-order valence-corrected chi connectivity index (χ1v) is 4.54. The molecule has 0 bridgehead atoms. The van der Waals surface area contributed by atoms with Crippen LogP contribution in [0.15, 0.2) is 16.6 Å². The maximum absolute atomic E-state index is 12.4. The first-order chi connectivity index (χ1) is 6.73. The van der Waals surface area contributed by atoms with Gasteiger partial charge >= 0.3 is 6.18 Å². The zero-order chi connectivity index (χ0) is 11.8. The summed E-state index contributed by atoms with van der Waals surface area (Å²) < 4.78 is 37.0. The van der Waals surface area contributed by atoms with Gasteiger partial charge in [0.15, 0.2) is 0 Å². The Morgan fingerprint density at radius 2 is 1.93 bits per heavy atom. The van der Waals surface area contributed by atoms with E-state index in [2.05, 4.69) is 15.9 Å². The monoisotopic (exact) mass is 283 g/mol. The van der Waals surface area contributed by atoms with Gasteiger partial charge in [0.1, 0.15) is 0 Å². The topological polar surface area (TPSA) is 43.1 Å². The fraction of sp³-hybridized carbons (Fsp3) is 0.250. The predicted molar refractivity (Wildman–Crippen MR) is 50.5 cm³/mol. The summed E-state index contributed by atoms with van der Waals surface area (Å²) in [6, 6.07) is 1.74. The molecule has 0 saturated carbocycles. The quantitative estimate of drug-likeness (QED) is 0.583. The van der Waals surface area contributed by atoms with Gasteiger partial charge < -0.3 is 0 Å². The predicted octanol–water partition coefficient (Wildman–Crippen LogP) is 3.68. The van der Waals surface area contributed by atoms with E-state index in [0.29, 0.717) is 0 Å². The van der Waals surface area contributed by atoms with Crippen molar-refractivity contribution in [3.63, 3.8) is 0 Å². The summed E-state index contributed by atoms with van der Waals surface area (Å²) >= 11 is 2.68. The van der Waals surface area contributed by atoms with E-state index in [1.165, 1.54) is 6.92 Å². The zero-order valence-electron chi connectivity index (χ0n) is 7.43. The van der Waals surface area contributed by atoms with E-state index in [9.17, 15) is 23.3 Å². The molecule has 7 heteroatoms. The van der Waals surface area contributed by atoms with Crippen molar-refractivity contribution in [3.05, 3.63) is 37.8 Å². The molecule has 3 nitrogen and oxygen atoms in total. The number of alkyl halides is 3. The molecule has 15 heavy (non-hydrogen) atoms. The minimum atomic E-state index is -4.52. The average Bonchev–Trinajstić information content (AvgIpc) is 1.99. The molecule has 0 aromatic heterocycles. The molecule has 0 spiro atoms. The van der Waals surface area contributed by atoms with Crippen LogP contribution in [0.4, 0.5) is 18.9 Å². The summed E-state index contributed by atoms with van der Waals surface area (Å²) in [6.45, 7) is 1.18. The van der Waals surface area contributed by atoms with E-state index in [0.717, 1.165) is 12.1 Å². The van der Waals surface area contributed by atoms with Crippen LogP contribution in [0.2, 0.25) is 0 Å². The Morgan fingerprint density at radius 1 is 1.40 bits per heavy atom. The lowest BCUT2D eigenvalue weighted by Crippen LogP contribution is -2.09. The van der Waals surface area contributed by atoms with Gasteiger partial charge in [-0.3, -0.25) is 10.1 Å². The fourth-order valence-corrected chi connectivity index (χ4v) is 1.96. The molecule has 0 amide bonds. The van der Waals surface area contributed by atoms with Crippen LogP contribution in [-0.2, 0) is 6.18 Å². The third kappa shape index (κ3) is 2.47. The number of halogens is 4. The van der Waals surface area contributed by atoms with Crippen molar-refractivity contribution < 1.29 is 18.1 Å². The summed E-state index contributed by atoms with van der Waals surface area (Å²) in [5, 5.41) is 10.4. The van der Waals surface area contributed by atoms with Crippen molar-refractivity contribution in [3.8, 4) is 0 Å². The first kappa shape index (κ1) is 12.0. The Hall–Kier alpha value is -1.11. The van der Waals surface area contributed by atoms with Crippen molar-refractivity contribution in [2.24, 2.45) is 0 Å². The largest absolute Gasteiger partial charge is 0.417 e. The Bertz CT molecular complexity index is 394. The molecule has 1 rings (SSSR count). The number of benzene rings is 1. The van der Waals surface area contributed by atoms with Gasteiger partial charge in [-0.1, -0.05) is 0 Å². The minimum Gasteiger partial charge on any atom is -0.258 e. The molecule has 0 aliphatic carbocycles. The summed E-state index contributed by atoms with van der Waals surface area (Å²) in [7, 11) is 0. The number of nitro benzene ring substituents is 1. The number of hydrogen-bond acceptors (Lipinski definition) is 2. The molecular weight excluding hydrogens is 279 g/mol. The van der Waals surface area contributed by atoms with Crippen LogP contribution >= 0.6 is 15.9 Å². The van der Waals surface area contributed by atoms with E-state index in [-0.39, 0.29) is 15.7 Å². The molecular formula is C8H5BrF3NO2. The highest BCUT2D eigenvalue weighted by Gasteiger charge is 2.35. The summed E-state index contributed by atoms with van der Waals surface area (Å²) in [4.78, 5) is 9.63. The normalized spacial score (nSPS) is 11.5. The van der Waals surface area contributed by atoms with Gasteiger partial charge in [-0.15, -0.1) is 0 Å². The SMILES string of the molecule is Cc1cc([N+](=O)[O-])cc(Br)c1C(F)(F)F. The highest BCUT2D eigenvalue weighted by atomic mass is 79.9. The number of nitro groups is 1. The van der Waals surface area contributed by atoms with E-state index in [1.807, 2.05) is 0 Å². The molecule has 0 aliphatic rings.